The first kappa shape index (κ1) is 26.2. The third-order valence-electron chi connectivity index (χ3n) is 7.37. The molecule has 1 amide bonds. The van der Waals surface area contributed by atoms with E-state index in [4.69, 9.17) is 0 Å². The number of carbonyl (C=O) groups excluding carboxylic acids is 1. The Morgan fingerprint density at radius 3 is 2.48 bits per heavy atom. The minimum atomic E-state index is -3.08. The summed E-state index contributed by atoms with van der Waals surface area (Å²) in [6.45, 7) is 7.85. The van der Waals surface area contributed by atoms with Crippen LogP contribution in [0.2, 0.25) is 0 Å². The second-order valence-corrected chi connectivity index (χ2v) is 12.2. The highest BCUT2D eigenvalue weighted by Gasteiger charge is 2.27. The summed E-state index contributed by atoms with van der Waals surface area (Å²) >= 11 is 0. The first-order chi connectivity index (χ1) is 15.8. The van der Waals surface area contributed by atoms with Crippen molar-refractivity contribution in [3.8, 4) is 0 Å². The maximum atomic E-state index is 12.6. The molecule has 0 unspecified atom stereocenters. The molecule has 0 bridgehead atoms. The lowest BCUT2D eigenvalue weighted by Crippen LogP contribution is -2.44. The Labute approximate surface area is 201 Å². The molecule has 1 aromatic carbocycles. The van der Waals surface area contributed by atoms with E-state index in [2.05, 4.69) is 36.2 Å². The molecule has 33 heavy (non-hydrogen) atoms. The van der Waals surface area contributed by atoms with Gasteiger partial charge in [0.05, 0.1) is 6.26 Å². The molecule has 7 heteroatoms. The van der Waals surface area contributed by atoms with Gasteiger partial charge in [-0.2, -0.15) is 0 Å². The standard InChI is InChI=1S/C26H43N3O3S/c1-4-15-28(20-22-13-16-29(17-14-22)33(3,31)32)21(2)18-23-9-8-12-25(19-23)27-26(30)24-10-6-5-7-11-24/h8-9,12,19,21-22,24H,4-7,10-11,13-18,20H2,1-3H3,(H,27,30)/t21-/m0/s1. The summed E-state index contributed by atoms with van der Waals surface area (Å²) in [6.07, 6.45) is 10.8. The first-order valence-electron chi connectivity index (χ1n) is 12.8. The number of hydrogen-bond acceptors (Lipinski definition) is 4. The lowest BCUT2D eigenvalue weighted by molar-refractivity contribution is -0.120. The van der Waals surface area contributed by atoms with Crippen molar-refractivity contribution in [1.29, 1.82) is 0 Å². The Morgan fingerprint density at radius 1 is 1.15 bits per heavy atom. The molecule has 186 valence electrons. The van der Waals surface area contributed by atoms with Crippen molar-refractivity contribution in [2.45, 2.75) is 77.7 Å². The average molecular weight is 478 g/mol. The molecule has 2 fully saturated rings. The van der Waals surface area contributed by atoms with E-state index in [9.17, 15) is 13.2 Å². The normalized spacial score (nSPS) is 20.1. The van der Waals surface area contributed by atoms with Gasteiger partial charge in [0.25, 0.3) is 0 Å². The lowest BCUT2D eigenvalue weighted by Gasteiger charge is -2.36. The van der Waals surface area contributed by atoms with Crippen molar-refractivity contribution in [2.24, 2.45) is 11.8 Å². The molecule has 1 atom stereocenters. The van der Waals surface area contributed by atoms with Crippen LogP contribution in [0, 0.1) is 11.8 Å². The maximum Gasteiger partial charge on any atom is 0.227 e. The van der Waals surface area contributed by atoms with Gasteiger partial charge in [-0.3, -0.25) is 4.79 Å². The van der Waals surface area contributed by atoms with E-state index >= 15 is 0 Å². The Morgan fingerprint density at radius 2 is 1.85 bits per heavy atom. The number of rotatable bonds is 10. The number of nitrogens with zero attached hydrogens (tertiary/aromatic N) is 2. The molecule has 1 saturated heterocycles. The molecule has 0 spiro atoms. The van der Waals surface area contributed by atoms with Crippen LogP contribution in [-0.2, 0) is 21.2 Å². The van der Waals surface area contributed by atoms with Gasteiger partial charge in [0.1, 0.15) is 0 Å². The van der Waals surface area contributed by atoms with Crippen LogP contribution >= 0.6 is 0 Å². The summed E-state index contributed by atoms with van der Waals surface area (Å²) in [6, 6.07) is 8.72. The van der Waals surface area contributed by atoms with Crippen LogP contribution < -0.4 is 5.32 Å². The van der Waals surface area contributed by atoms with Crippen LogP contribution in [0.1, 0.15) is 70.8 Å². The molecule has 1 saturated carbocycles. The van der Waals surface area contributed by atoms with Gasteiger partial charge in [0.2, 0.25) is 15.9 Å². The molecule has 0 radical (unpaired) electrons. The van der Waals surface area contributed by atoms with Crippen LogP contribution in [0.3, 0.4) is 0 Å². The van der Waals surface area contributed by atoms with Crippen LogP contribution in [0.25, 0.3) is 0 Å². The number of piperidine rings is 1. The Bertz CT molecular complexity index is 859. The molecule has 1 aliphatic carbocycles. The van der Waals surface area contributed by atoms with Crippen LogP contribution in [0.15, 0.2) is 24.3 Å². The van der Waals surface area contributed by atoms with E-state index < -0.39 is 10.0 Å². The fourth-order valence-corrected chi connectivity index (χ4v) is 6.26. The topological polar surface area (TPSA) is 69.7 Å². The number of anilines is 1. The lowest BCUT2D eigenvalue weighted by atomic mass is 9.88. The largest absolute Gasteiger partial charge is 0.326 e. The van der Waals surface area contributed by atoms with Gasteiger partial charge < -0.3 is 10.2 Å². The SMILES string of the molecule is CCCN(CC1CCN(S(C)(=O)=O)CC1)[C@@H](C)Cc1cccc(NC(=O)C2CCCCC2)c1. The fourth-order valence-electron chi connectivity index (χ4n) is 5.39. The maximum absolute atomic E-state index is 12.6. The molecule has 1 heterocycles. The predicted molar refractivity (Wildman–Crippen MR) is 136 cm³/mol. The van der Waals surface area contributed by atoms with E-state index in [1.165, 1.54) is 18.2 Å². The van der Waals surface area contributed by atoms with Crippen LogP contribution in [0.5, 0.6) is 0 Å². The van der Waals surface area contributed by atoms with Crippen molar-refractivity contribution in [3.05, 3.63) is 29.8 Å². The highest BCUT2D eigenvalue weighted by atomic mass is 32.2. The Kier molecular flexibility index (Phi) is 9.77. The molecule has 6 nitrogen and oxygen atoms in total. The van der Waals surface area contributed by atoms with Crippen molar-refractivity contribution in [2.75, 3.05) is 37.8 Å². The first-order valence-corrected chi connectivity index (χ1v) is 14.7. The Hall–Kier alpha value is -1.44. The van der Waals surface area contributed by atoms with Gasteiger partial charge in [-0.05, 0) is 75.6 Å². The molecule has 0 aromatic heterocycles. The molecular formula is C26H43N3O3S. The number of nitrogens with one attached hydrogen (secondary N) is 1. The van der Waals surface area contributed by atoms with Crippen molar-refractivity contribution >= 4 is 21.6 Å². The molecule has 1 aromatic rings. The van der Waals surface area contributed by atoms with Gasteiger partial charge >= 0.3 is 0 Å². The zero-order valence-electron chi connectivity index (χ0n) is 20.8. The summed E-state index contributed by atoms with van der Waals surface area (Å²) in [7, 11) is -3.08. The van der Waals surface area contributed by atoms with Crippen LogP contribution in [-0.4, -0.2) is 62.0 Å². The molecule has 3 rings (SSSR count). The molecule has 1 N–H and O–H groups in total. The van der Waals surface area contributed by atoms with Crippen molar-refractivity contribution in [1.82, 2.24) is 9.21 Å². The third-order valence-corrected chi connectivity index (χ3v) is 8.67. The summed E-state index contributed by atoms with van der Waals surface area (Å²) < 4.78 is 25.2. The van der Waals surface area contributed by atoms with E-state index in [0.29, 0.717) is 25.0 Å². The second-order valence-electron chi connectivity index (χ2n) is 10.2. The number of hydrogen-bond donors (Lipinski definition) is 1. The van der Waals surface area contributed by atoms with Gasteiger partial charge in [-0.15, -0.1) is 0 Å². The quantitative estimate of drug-likeness (QED) is 0.538. The monoisotopic (exact) mass is 477 g/mol. The molecular weight excluding hydrogens is 434 g/mol. The van der Waals surface area contributed by atoms with Gasteiger partial charge in [0.15, 0.2) is 0 Å². The summed E-state index contributed by atoms with van der Waals surface area (Å²) in [5, 5.41) is 3.16. The zero-order valence-corrected chi connectivity index (χ0v) is 21.6. The van der Waals surface area contributed by atoms with Gasteiger partial charge in [-0.25, -0.2) is 12.7 Å². The van der Waals surface area contributed by atoms with Gasteiger partial charge in [-0.1, -0.05) is 38.3 Å². The van der Waals surface area contributed by atoms with E-state index in [-0.39, 0.29) is 11.8 Å². The summed E-state index contributed by atoms with van der Waals surface area (Å²) in [5.74, 6) is 0.876. The predicted octanol–water partition coefficient (Wildman–Crippen LogP) is 4.52. The zero-order chi connectivity index (χ0) is 23.8. The van der Waals surface area contributed by atoms with E-state index in [1.807, 2.05) is 12.1 Å². The van der Waals surface area contributed by atoms with Crippen LogP contribution in [0.4, 0.5) is 5.69 Å². The highest BCUT2D eigenvalue weighted by Crippen LogP contribution is 2.26. The molecule has 2 aliphatic rings. The Balaban J connectivity index is 1.54. The van der Waals surface area contributed by atoms with Gasteiger partial charge in [0, 0.05) is 37.3 Å². The minimum Gasteiger partial charge on any atom is -0.326 e. The highest BCUT2D eigenvalue weighted by molar-refractivity contribution is 7.88. The number of carbonyl (C=O) groups is 1. The van der Waals surface area contributed by atoms with Crippen molar-refractivity contribution in [3.63, 3.8) is 0 Å². The van der Waals surface area contributed by atoms with Crippen molar-refractivity contribution < 1.29 is 13.2 Å². The fraction of sp³-hybridized carbons (Fsp3) is 0.731. The third kappa shape index (κ3) is 8.08. The smallest absolute Gasteiger partial charge is 0.227 e. The van der Waals surface area contributed by atoms with E-state index in [0.717, 1.165) is 70.1 Å². The number of benzene rings is 1. The van der Waals surface area contributed by atoms with E-state index in [1.54, 1.807) is 4.31 Å². The number of sulfonamides is 1. The minimum absolute atomic E-state index is 0.162. The molecule has 1 aliphatic heterocycles. The summed E-state index contributed by atoms with van der Waals surface area (Å²) in [5.41, 5.74) is 2.16. The summed E-state index contributed by atoms with van der Waals surface area (Å²) in [4.78, 5) is 15.2. The second kappa shape index (κ2) is 12.3. The number of amides is 1. The average Bonchev–Trinajstić information content (AvgIpc) is 2.79.